The van der Waals surface area contributed by atoms with E-state index in [0.717, 1.165) is 12.8 Å². The zero-order valence-electron chi connectivity index (χ0n) is 9.48. The van der Waals surface area contributed by atoms with Gasteiger partial charge >= 0.3 is 12.0 Å². The van der Waals surface area contributed by atoms with Crippen molar-refractivity contribution in [3.8, 4) is 0 Å². The van der Waals surface area contributed by atoms with Crippen molar-refractivity contribution >= 4 is 12.0 Å². The smallest absolute Gasteiger partial charge is 0.326 e. The van der Waals surface area contributed by atoms with Crippen LogP contribution in [0, 0.1) is 0 Å². The molecule has 2 N–H and O–H groups in total. The molecule has 0 aromatic carbocycles. The standard InChI is InChI=1S/C11H18N2O3/c1-2-6-9(10(14)15)12-11(16)13-7-4-3-5-8-13/h3-4,9H,2,5-8H2,1H3,(H,12,16)(H,14,15)/t9-/m1/s1. The largest absolute Gasteiger partial charge is 0.480 e. The van der Waals surface area contributed by atoms with E-state index < -0.39 is 12.0 Å². The van der Waals surface area contributed by atoms with Crippen LogP contribution >= 0.6 is 0 Å². The van der Waals surface area contributed by atoms with E-state index in [4.69, 9.17) is 5.11 Å². The fourth-order valence-corrected chi connectivity index (χ4v) is 1.61. The lowest BCUT2D eigenvalue weighted by Gasteiger charge is -2.25. The van der Waals surface area contributed by atoms with Crippen LogP contribution in [-0.4, -0.2) is 41.1 Å². The molecule has 0 aromatic heterocycles. The lowest BCUT2D eigenvalue weighted by Crippen LogP contribution is -2.48. The average molecular weight is 226 g/mol. The van der Waals surface area contributed by atoms with Crippen LogP contribution in [0.3, 0.4) is 0 Å². The van der Waals surface area contributed by atoms with E-state index in [1.807, 2.05) is 19.1 Å². The van der Waals surface area contributed by atoms with Gasteiger partial charge in [-0.05, 0) is 12.8 Å². The average Bonchev–Trinajstić information content (AvgIpc) is 2.29. The third kappa shape index (κ3) is 3.56. The molecule has 0 bridgehead atoms. The maximum absolute atomic E-state index is 11.7. The van der Waals surface area contributed by atoms with Gasteiger partial charge in [-0.3, -0.25) is 0 Å². The first-order valence-corrected chi connectivity index (χ1v) is 5.58. The van der Waals surface area contributed by atoms with Crippen LogP contribution in [0.15, 0.2) is 12.2 Å². The summed E-state index contributed by atoms with van der Waals surface area (Å²) in [6.07, 6.45) is 5.96. The Kier molecular flexibility index (Phi) is 4.82. The van der Waals surface area contributed by atoms with Crippen molar-refractivity contribution in [2.45, 2.75) is 32.2 Å². The lowest BCUT2D eigenvalue weighted by molar-refractivity contribution is -0.139. The Balaban J connectivity index is 2.47. The summed E-state index contributed by atoms with van der Waals surface area (Å²) in [5.41, 5.74) is 0. The summed E-state index contributed by atoms with van der Waals surface area (Å²) >= 11 is 0. The van der Waals surface area contributed by atoms with E-state index in [0.29, 0.717) is 19.5 Å². The highest BCUT2D eigenvalue weighted by Gasteiger charge is 2.22. The molecule has 0 radical (unpaired) electrons. The van der Waals surface area contributed by atoms with Crippen LogP contribution in [0.5, 0.6) is 0 Å². The molecule has 1 rings (SSSR count). The van der Waals surface area contributed by atoms with E-state index in [-0.39, 0.29) is 6.03 Å². The Hall–Kier alpha value is -1.52. The Morgan fingerprint density at radius 2 is 2.25 bits per heavy atom. The molecule has 0 unspecified atom stereocenters. The maximum Gasteiger partial charge on any atom is 0.326 e. The molecule has 1 aliphatic rings. The number of urea groups is 1. The van der Waals surface area contributed by atoms with Crippen molar-refractivity contribution < 1.29 is 14.7 Å². The number of carboxylic acids is 1. The number of hydrogen-bond acceptors (Lipinski definition) is 2. The topological polar surface area (TPSA) is 69.6 Å². The van der Waals surface area contributed by atoms with Crippen molar-refractivity contribution in [2.24, 2.45) is 0 Å². The monoisotopic (exact) mass is 226 g/mol. The first kappa shape index (κ1) is 12.5. The molecule has 0 fully saturated rings. The second-order valence-corrected chi connectivity index (χ2v) is 3.84. The van der Waals surface area contributed by atoms with E-state index in [9.17, 15) is 9.59 Å². The minimum absolute atomic E-state index is 0.287. The van der Waals surface area contributed by atoms with Gasteiger partial charge in [-0.1, -0.05) is 25.5 Å². The summed E-state index contributed by atoms with van der Waals surface area (Å²) in [4.78, 5) is 24.2. The number of aliphatic carboxylic acids is 1. The first-order chi connectivity index (χ1) is 7.65. The number of rotatable bonds is 4. The molecule has 90 valence electrons. The van der Waals surface area contributed by atoms with Crippen LogP contribution in [0.4, 0.5) is 4.79 Å². The van der Waals surface area contributed by atoms with Gasteiger partial charge in [0.15, 0.2) is 0 Å². The highest BCUT2D eigenvalue weighted by molar-refractivity contribution is 5.82. The molecule has 1 heterocycles. The molecular weight excluding hydrogens is 208 g/mol. The van der Waals surface area contributed by atoms with Crippen molar-refractivity contribution in [1.29, 1.82) is 0 Å². The number of nitrogens with zero attached hydrogens (tertiary/aromatic N) is 1. The van der Waals surface area contributed by atoms with E-state index >= 15 is 0 Å². The lowest BCUT2D eigenvalue weighted by atomic mass is 10.2. The maximum atomic E-state index is 11.7. The zero-order valence-corrected chi connectivity index (χ0v) is 9.48. The number of carbonyl (C=O) groups is 2. The Morgan fingerprint density at radius 3 is 2.75 bits per heavy atom. The summed E-state index contributed by atoms with van der Waals surface area (Å²) in [5, 5.41) is 11.4. The van der Waals surface area contributed by atoms with Gasteiger partial charge in [-0.15, -0.1) is 0 Å². The molecule has 0 saturated heterocycles. The fraction of sp³-hybridized carbons (Fsp3) is 0.636. The molecule has 0 aliphatic carbocycles. The third-order valence-corrected chi connectivity index (χ3v) is 2.52. The summed E-state index contributed by atoms with van der Waals surface area (Å²) in [6.45, 7) is 3.11. The van der Waals surface area contributed by atoms with Crippen molar-refractivity contribution in [1.82, 2.24) is 10.2 Å². The number of hydrogen-bond donors (Lipinski definition) is 2. The molecule has 1 aliphatic heterocycles. The summed E-state index contributed by atoms with van der Waals surface area (Å²) in [5.74, 6) is -0.970. The van der Waals surface area contributed by atoms with Gasteiger partial charge in [0.1, 0.15) is 6.04 Å². The Morgan fingerprint density at radius 1 is 1.50 bits per heavy atom. The number of amides is 2. The highest BCUT2D eigenvalue weighted by atomic mass is 16.4. The summed E-state index contributed by atoms with van der Waals surface area (Å²) < 4.78 is 0. The normalized spacial score (nSPS) is 16.9. The highest BCUT2D eigenvalue weighted by Crippen LogP contribution is 2.03. The molecule has 1 atom stereocenters. The van der Waals surface area contributed by atoms with Gasteiger partial charge in [-0.25, -0.2) is 9.59 Å². The predicted octanol–water partition coefficient (Wildman–Crippen LogP) is 1.21. The van der Waals surface area contributed by atoms with Gasteiger partial charge in [-0.2, -0.15) is 0 Å². The third-order valence-electron chi connectivity index (χ3n) is 2.52. The van der Waals surface area contributed by atoms with Gasteiger partial charge in [0.2, 0.25) is 0 Å². The summed E-state index contributed by atoms with van der Waals surface area (Å²) in [6, 6.07) is -1.06. The second-order valence-electron chi connectivity index (χ2n) is 3.84. The number of carboxylic acid groups (broad SMARTS) is 1. The van der Waals surface area contributed by atoms with E-state index in [2.05, 4.69) is 5.32 Å². The minimum atomic E-state index is -0.970. The summed E-state index contributed by atoms with van der Waals surface area (Å²) in [7, 11) is 0. The molecule has 0 saturated carbocycles. The van der Waals surface area contributed by atoms with E-state index in [1.54, 1.807) is 4.90 Å². The molecule has 2 amide bonds. The van der Waals surface area contributed by atoms with Gasteiger partial charge in [0.05, 0.1) is 0 Å². The fourth-order valence-electron chi connectivity index (χ4n) is 1.61. The quantitative estimate of drug-likeness (QED) is 0.708. The van der Waals surface area contributed by atoms with Gasteiger partial charge < -0.3 is 15.3 Å². The number of carbonyl (C=O) groups excluding carboxylic acids is 1. The molecule has 5 nitrogen and oxygen atoms in total. The number of nitrogens with one attached hydrogen (secondary N) is 1. The minimum Gasteiger partial charge on any atom is -0.480 e. The van der Waals surface area contributed by atoms with Crippen LogP contribution in [0.1, 0.15) is 26.2 Å². The van der Waals surface area contributed by atoms with Gasteiger partial charge in [0.25, 0.3) is 0 Å². The zero-order chi connectivity index (χ0) is 12.0. The van der Waals surface area contributed by atoms with Crippen LogP contribution < -0.4 is 5.32 Å². The van der Waals surface area contributed by atoms with Crippen molar-refractivity contribution in [3.63, 3.8) is 0 Å². The second kappa shape index (κ2) is 6.15. The van der Waals surface area contributed by atoms with E-state index in [1.165, 1.54) is 0 Å². The van der Waals surface area contributed by atoms with Crippen LogP contribution in [0.25, 0.3) is 0 Å². The van der Waals surface area contributed by atoms with Gasteiger partial charge in [0, 0.05) is 13.1 Å². The predicted molar refractivity (Wildman–Crippen MR) is 60.2 cm³/mol. The van der Waals surface area contributed by atoms with Crippen LogP contribution in [-0.2, 0) is 4.79 Å². The van der Waals surface area contributed by atoms with Crippen LogP contribution in [0.2, 0.25) is 0 Å². The molecular formula is C11H18N2O3. The Bertz CT molecular complexity index is 289. The van der Waals surface area contributed by atoms with Crippen molar-refractivity contribution in [2.75, 3.05) is 13.1 Å². The molecule has 0 aromatic rings. The SMILES string of the molecule is CCC[C@@H](NC(=O)N1CC=CCC1)C(=O)O. The Labute approximate surface area is 95.1 Å². The molecule has 0 spiro atoms. The first-order valence-electron chi connectivity index (χ1n) is 5.58. The molecule has 5 heteroatoms. The molecule has 16 heavy (non-hydrogen) atoms. The van der Waals surface area contributed by atoms with Crippen molar-refractivity contribution in [3.05, 3.63) is 12.2 Å².